The lowest BCUT2D eigenvalue weighted by Gasteiger charge is -2.25. The van der Waals surface area contributed by atoms with E-state index in [0.29, 0.717) is 12.8 Å². The summed E-state index contributed by atoms with van der Waals surface area (Å²) in [4.78, 5) is 0. The average molecular weight is 282 g/mol. The summed E-state index contributed by atoms with van der Waals surface area (Å²) < 4.78 is 10.8. The quantitative estimate of drug-likeness (QED) is 0.887. The Morgan fingerprint density at radius 2 is 2.05 bits per heavy atom. The lowest BCUT2D eigenvalue weighted by atomic mass is 9.95. The molecule has 0 radical (unpaired) electrons. The summed E-state index contributed by atoms with van der Waals surface area (Å²) in [5.41, 5.74) is 4.99. The molecule has 4 nitrogen and oxygen atoms in total. The van der Waals surface area contributed by atoms with Gasteiger partial charge in [-0.3, -0.25) is 0 Å². The standard InChI is InChI=1S/C17H18N2O2/c1-11-7-14-12(9-18-11)3-2-4-15(14)19-13-5-6-16-17(8-13)21-10-20-16/h2-6,8,11,18-19H,7,9-10H2,1H3. The molecule has 4 rings (SSSR count). The smallest absolute Gasteiger partial charge is 0.231 e. The van der Waals surface area contributed by atoms with Crippen molar-refractivity contribution < 1.29 is 9.47 Å². The van der Waals surface area contributed by atoms with Crippen molar-refractivity contribution in [2.45, 2.75) is 25.9 Å². The molecule has 21 heavy (non-hydrogen) atoms. The van der Waals surface area contributed by atoms with Gasteiger partial charge in [-0.2, -0.15) is 0 Å². The zero-order chi connectivity index (χ0) is 14.2. The molecule has 0 aromatic heterocycles. The van der Waals surface area contributed by atoms with E-state index >= 15 is 0 Å². The normalized spacial score (nSPS) is 19.2. The van der Waals surface area contributed by atoms with Crippen molar-refractivity contribution in [2.75, 3.05) is 12.1 Å². The van der Waals surface area contributed by atoms with Gasteiger partial charge in [0.2, 0.25) is 6.79 Å². The van der Waals surface area contributed by atoms with Gasteiger partial charge in [-0.15, -0.1) is 0 Å². The van der Waals surface area contributed by atoms with Gasteiger partial charge in [0.25, 0.3) is 0 Å². The predicted molar refractivity (Wildman–Crippen MR) is 82.3 cm³/mol. The van der Waals surface area contributed by atoms with Crippen molar-refractivity contribution in [2.24, 2.45) is 0 Å². The molecular formula is C17H18N2O2. The molecule has 108 valence electrons. The second-order valence-electron chi connectivity index (χ2n) is 5.62. The Balaban J connectivity index is 1.65. The first kappa shape index (κ1) is 12.5. The van der Waals surface area contributed by atoms with E-state index in [9.17, 15) is 0 Å². The van der Waals surface area contributed by atoms with Crippen LogP contribution >= 0.6 is 0 Å². The molecule has 2 aliphatic rings. The number of benzene rings is 2. The Bertz CT molecular complexity index is 684. The van der Waals surface area contributed by atoms with Crippen LogP contribution in [0.3, 0.4) is 0 Å². The van der Waals surface area contributed by atoms with Crippen molar-refractivity contribution in [1.82, 2.24) is 5.32 Å². The van der Waals surface area contributed by atoms with Gasteiger partial charge in [0.1, 0.15) is 0 Å². The Morgan fingerprint density at radius 1 is 1.14 bits per heavy atom. The second-order valence-corrected chi connectivity index (χ2v) is 5.62. The van der Waals surface area contributed by atoms with Crippen LogP contribution in [-0.2, 0) is 13.0 Å². The molecule has 2 heterocycles. The highest BCUT2D eigenvalue weighted by atomic mass is 16.7. The van der Waals surface area contributed by atoms with Crippen LogP contribution in [0.15, 0.2) is 36.4 Å². The van der Waals surface area contributed by atoms with Gasteiger partial charge in [0.15, 0.2) is 11.5 Å². The van der Waals surface area contributed by atoms with Crippen LogP contribution in [0.1, 0.15) is 18.1 Å². The zero-order valence-electron chi connectivity index (χ0n) is 12.0. The molecule has 0 spiro atoms. The molecule has 0 saturated carbocycles. The topological polar surface area (TPSA) is 42.5 Å². The van der Waals surface area contributed by atoms with E-state index in [1.165, 1.54) is 16.8 Å². The minimum Gasteiger partial charge on any atom is -0.454 e. The van der Waals surface area contributed by atoms with E-state index < -0.39 is 0 Å². The molecule has 1 atom stereocenters. The minimum atomic E-state index is 0.308. The van der Waals surface area contributed by atoms with Crippen molar-refractivity contribution in [3.8, 4) is 11.5 Å². The van der Waals surface area contributed by atoms with E-state index in [4.69, 9.17) is 9.47 Å². The van der Waals surface area contributed by atoms with Crippen LogP contribution in [0.4, 0.5) is 11.4 Å². The SMILES string of the molecule is CC1Cc2c(cccc2Nc2ccc3c(c2)OCO3)CN1. The van der Waals surface area contributed by atoms with Gasteiger partial charge in [-0.1, -0.05) is 12.1 Å². The second kappa shape index (κ2) is 4.97. The van der Waals surface area contributed by atoms with Crippen LogP contribution in [0.25, 0.3) is 0 Å². The van der Waals surface area contributed by atoms with Crippen LogP contribution in [0.2, 0.25) is 0 Å². The summed E-state index contributed by atoms with van der Waals surface area (Å²) >= 11 is 0. The van der Waals surface area contributed by atoms with Crippen LogP contribution in [0.5, 0.6) is 11.5 Å². The number of anilines is 2. The third kappa shape index (κ3) is 2.32. The maximum Gasteiger partial charge on any atom is 0.231 e. The Hall–Kier alpha value is -2.20. The maximum absolute atomic E-state index is 5.43. The van der Waals surface area contributed by atoms with Crippen LogP contribution in [-0.4, -0.2) is 12.8 Å². The average Bonchev–Trinajstić information content (AvgIpc) is 2.95. The number of rotatable bonds is 2. The van der Waals surface area contributed by atoms with E-state index in [1.807, 2.05) is 18.2 Å². The molecule has 4 heteroatoms. The van der Waals surface area contributed by atoms with Crippen molar-refractivity contribution in [3.05, 3.63) is 47.5 Å². The van der Waals surface area contributed by atoms with Crippen molar-refractivity contribution in [3.63, 3.8) is 0 Å². The van der Waals surface area contributed by atoms with Crippen molar-refractivity contribution in [1.29, 1.82) is 0 Å². The van der Waals surface area contributed by atoms with Gasteiger partial charge in [-0.25, -0.2) is 0 Å². The third-order valence-corrected chi connectivity index (χ3v) is 4.08. The molecular weight excluding hydrogens is 264 g/mol. The molecule has 0 amide bonds. The van der Waals surface area contributed by atoms with Gasteiger partial charge in [0, 0.05) is 30.0 Å². The number of hydrogen-bond acceptors (Lipinski definition) is 4. The molecule has 0 saturated heterocycles. The Labute approximate surface area is 124 Å². The lowest BCUT2D eigenvalue weighted by Crippen LogP contribution is -2.33. The van der Waals surface area contributed by atoms with E-state index in [-0.39, 0.29) is 0 Å². The fourth-order valence-corrected chi connectivity index (χ4v) is 2.95. The molecule has 2 N–H and O–H groups in total. The van der Waals surface area contributed by atoms with Crippen LogP contribution in [0, 0.1) is 0 Å². The fourth-order valence-electron chi connectivity index (χ4n) is 2.95. The van der Waals surface area contributed by atoms with Gasteiger partial charge in [0.05, 0.1) is 0 Å². The molecule has 2 aliphatic heterocycles. The maximum atomic E-state index is 5.43. The molecule has 1 unspecified atom stereocenters. The summed E-state index contributed by atoms with van der Waals surface area (Å²) in [6.07, 6.45) is 1.04. The third-order valence-electron chi connectivity index (χ3n) is 4.08. The predicted octanol–water partition coefficient (Wildman–Crippen LogP) is 3.19. The van der Waals surface area contributed by atoms with Crippen molar-refractivity contribution >= 4 is 11.4 Å². The summed E-state index contributed by atoms with van der Waals surface area (Å²) in [6.45, 7) is 3.47. The molecule has 2 aromatic rings. The highest BCUT2D eigenvalue weighted by Gasteiger charge is 2.18. The summed E-state index contributed by atoms with van der Waals surface area (Å²) in [6, 6.07) is 12.9. The van der Waals surface area contributed by atoms with Gasteiger partial charge >= 0.3 is 0 Å². The number of fused-ring (bicyclic) bond motifs is 2. The van der Waals surface area contributed by atoms with E-state index in [1.54, 1.807) is 0 Å². The van der Waals surface area contributed by atoms with E-state index in [0.717, 1.165) is 30.2 Å². The summed E-state index contributed by atoms with van der Waals surface area (Å²) in [7, 11) is 0. The first-order valence-corrected chi connectivity index (χ1v) is 7.30. The molecule has 0 aliphatic carbocycles. The number of hydrogen-bond donors (Lipinski definition) is 2. The summed E-state index contributed by atoms with van der Waals surface area (Å²) in [5, 5.41) is 7.02. The monoisotopic (exact) mass is 282 g/mol. The minimum absolute atomic E-state index is 0.308. The fraction of sp³-hybridized carbons (Fsp3) is 0.294. The lowest BCUT2D eigenvalue weighted by molar-refractivity contribution is 0.174. The highest BCUT2D eigenvalue weighted by molar-refractivity contribution is 5.68. The largest absolute Gasteiger partial charge is 0.454 e. The van der Waals surface area contributed by atoms with E-state index in [2.05, 4.69) is 35.8 Å². The Kier molecular flexibility index (Phi) is 2.97. The Morgan fingerprint density at radius 3 is 3.00 bits per heavy atom. The molecule has 2 aromatic carbocycles. The zero-order valence-corrected chi connectivity index (χ0v) is 12.0. The highest BCUT2D eigenvalue weighted by Crippen LogP contribution is 2.36. The van der Waals surface area contributed by atoms with Gasteiger partial charge in [-0.05, 0) is 42.7 Å². The first-order chi connectivity index (χ1) is 10.3. The number of nitrogens with one attached hydrogen (secondary N) is 2. The molecule has 0 bridgehead atoms. The van der Waals surface area contributed by atoms with Gasteiger partial charge < -0.3 is 20.1 Å². The number of ether oxygens (including phenoxy) is 2. The summed E-state index contributed by atoms with van der Waals surface area (Å²) in [5.74, 6) is 1.62. The first-order valence-electron chi connectivity index (χ1n) is 7.30. The van der Waals surface area contributed by atoms with Crippen LogP contribution < -0.4 is 20.1 Å². The molecule has 0 fully saturated rings.